The monoisotopic (exact) mass is 236 g/mol. The van der Waals surface area contributed by atoms with Gasteiger partial charge >= 0.3 is 5.97 Å². The van der Waals surface area contributed by atoms with Crippen LogP contribution in [0.2, 0.25) is 0 Å². The van der Waals surface area contributed by atoms with Crippen molar-refractivity contribution in [3.05, 3.63) is 23.3 Å². The van der Waals surface area contributed by atoms with E-state index < -0.39 is 0 Å². The molecule has 1 rings (SSSR count). The van der Waals surface area contributed by atoms with E-state index in [1.54, 1.807) is 0 Å². The van der Waals surface area contributed by atoms with Gasteiger partial charge in [0.2, 0.25) is 0 Å². The third kappa shape index (κ3) is 4.03. The molecule has 0 fully saturated rings. The zero-order chi connectivity index (χ0) is 12.9. The standard InChI is InChI=1S/C15H24O2/c1-12(2)6-5-7-13-8-10-15(3,11-9-13)14(16)17-4/h6,8H,5,7,9-11H2,1-4H3/t15-/m0/s1. The molecule has 0 bridgehead atoms. The predicted molar refractivity (Wildman–Crippen MR) is 70.7 cm³/mol. The van der Waals surface area contributed by atoms with E-state index in [1.165, 1.54) is 18.3 Å². The summed E-state index contributed by atoms with van der Waals surface area (Å²) >= 11 is 0. The van der Waals surface area contributed by atoms with Crippen LogP contribution >= 0.6 is 0 Å². The Morgan fingerprint density at radius 2 is 2.24 bits per heavy atom. The van der Waals surface area contributed by atoms with Crippen LogP contribution in [0, 0.1) is 5.41 Å². The number of hydrogen-bond acceptors (Lipinski definition) is 2. The van der Waals surface area contributed by atoms with Crippen molar-refractivity contribution in [3.8, 4) is 0 Å². The Balaban J connectivity index is 2.49. The van der Waals surface area contributed by atoms with Crippen LogP contribution in [0.4, 0.5) is 0 Å². The third-order valence-electron chi connectivity index (χ3n) is 3.54. The fraction of sp³-hybridized carbons (Fsp3) is 0.667. The second-order valence-electron chi connectivity index (χ2n) is 5.44. The average Bonchev–Trinajstić information content (AvgIpc) is 2.30. The highest BCUT2D eigenvalue weighted by atomic mass is 16.5. The van der Waals surface area contributed by atoms with Crippen molar-refractivity contribution in [3.63, 3.8) is 0 Å². The summed E-state index contributed by atoms with van der Waals surface area (Å²) in [5.41, 5.74) is 2.57. The van der Waals surface area contributed by atoms with Crippen molar-refractivity contribution in [2.75, 3.05) is 7.11 Å². The molecule has 1 aliphatic carbocycles. The van der Waals surface area contributed by atoms with Gasteiger partial charge in [-0.15, -0.1) is 0 Å². The van der Waals surface area contributed by atoms with Gasteiger partial charge in [0.25, 0.3) is 0 Å². The fourth-order valence-electron chi connectivity index (χ4n) is 2.22. The quantitative estimate of drug-likeness (QED) is 0.544. The number of ether oxygens (including phenoxy) is 1. The van der Waals surface area contributed by atoms with Crippen LogP contribution in [-0.2, 0) is 9.53 Å². The van der Waals surface area contributed by atoms with E-state index in [-0.39, 0.29) is 11.4 Å². The molecule has 0 spiro atoms. The highest BCUT2D eigenvalue weighted by molar-refractivity contribution is 5.76. The summed E-state index contributed by atoms with van der Waals surface area (Å²) in [6.45, 7) is 6.26. The first-order valence-electron chi connectivity index (χ1n) is 6.37. The van der Waals surface area contributed by atoms with Gasteiger partial charge in [-0.3, -0.25) is 4.79 Å². The molecule has 0 unspecified atom stereocenters. The van der Waals surface area contributed by atoms with Gasteiger partial charge in [-0.25, -0.2) is 0 Å². The number of carbonyl (C=O) groups excluding carboxylic acids is 1. The van der Waals surface area contributed by atoms with Gasteiger partial charge in [0.05, 0.1) is 12.5 Å². The van der Waals surface area contributed by atoms with Gasteiger partial charge in [-0.05, 0) is 52.9 Å². The average molecular weight is 236 g/mol. The molecule has 0 aromatic rings. The highest BCUT2D eigenvalue weighted by Gasteiger charge is 2.35. The maximum absolute atomic E-state index is 11.6. The van der Waals surface area contributed by atoms with Crippen LogP contribution in [-0.4, -0.2) is 13.1 Å². The number of rotatable bonds is 4. The molecule has 1 aliphatic rings. The zero-order valence-electron chi connectivity index (χ0n) is 11.5. The van der Waals surface area contributed by atoms with Gasteiger partial charge in [0, 0.05) is 0 Å². The van der Waals surface area contributed by atoms with Crippen molar-refractivity contribution in [1.82, 2.24) is 0 Å². The van der Waals surface area contributed by atoms with E-state index in [1.807, 2.05) is 6.92 Å². The minimum atomic E-state index is -0.297. The van der Waals surface area contributed by atoms with Gasteiger partial charge in [0.1, 0.15) is 0 Å². The van der Waals surface area contributed by atoms with E-state index in [0.717, 1.165) is 32.1 Å². The molecular weight excluding hydrogens is 212 g/mol. The Morgan fingerprint density at radius 3 is 2.71 bits per heavy atom. The van der Waals surface area contributed by atoms with E-state index in [9.17, 15) is 4.79 Å². The first-order valence-corrected chi connectivity index (χ1v) is 6.37. The number of hydrogen-bond donors (Lipinski definition) is 0. The van der Waals surface area contributed by atoms with Crippen molar-refractivity contribution in [2.24, 2.45) is 5.41 Å². The molecule has 0 radical (unpaired) electrons. The minimum Gasteiger partial charge on any atom is -0.469 e. The molecule has 2 nitrogen and oxygen atoms in total. The molecule has 1 atom stereocenters. The lowest BCUT2D eigenvalue weighted by atomic mass is 9.76. The molecule has 0 amide bonds. The normalized spacial score (nSPS) is 23.9. The van der Waals surface area contributed by atoms with E-state index in [2.05, 4.69) is 26.0 Å². The Morgan fingerprint density at radius 1 is 1.53 bits per heavy atom. The van der Waals surface area contributed by atoms with Crippen LogP contribution in [0.3, 0.4) is 0 Å². The molecule has 0 saturated heterocycles. The number of carbonyl (C=O) groups is 1. The molecule has 2 heteroatoms. The summed E-state index contributed by atoms with van der Waals surface area (Å²) in [4.78, 5) is 11.6. The number of esters is 1. The lowest BCUT2D eigenvalue weighted by Crippen LogP contribution is -2.30. The first kappa shape index (κ1) is 14.0. The van der Waals surface area contributed by atoms with E-state index in [4.69, 9.17) is 4.74 Å². The van der Waals surface area contributed by atoms with Gasteiger partial charge in [-0.2, -0.15) is 0 Å². The molecular formula is C15H24O2. The topological polar surface area (TPSA) is 26.3 Å². The minimum absolute atomic E-state index is 0.0721. The number of allylic oxidation sites excluding steroid dienone is 4. The summed E-state index contributed by atoms with van der Waals surface area (Å²) in [5.74, 6) is -0.0721. The molecule has 0 aliphatic heterocycles. The van der Waals surface area contributed by atoms with Gasteiger partial charge in [0.15, 0.2) is 0 Å². The van der Waals surface area contributed by atoms with Crippen LogP contribution in [0.5, 0.6) is 0 Å². The third-order valence-corrected chi connectivity index (χ3v) is 3.54. The van der Waals surface area contributed by atoms with E-state index >= 15 is 0 Å². The summed E-state index contributed by atoms with van der Waals surface area (Å²) in [5, 5.41) is 0. The molecule has 0 aromatic heterocycles. The SMILES string of the molecule is COC(=O)[C@@]1(C)CC=C(CCC=C(C)C)CC1. The van der Waals surface area contributed by atoms with Crippen LogP contribution in [0.25, 0.3) is 0 Å². The number of methoxy groups -OCH3 is 1. The lowest BCUT2D eigenvalue weighted by molar-refractivity contribution is -0.152. The summed E-state index contributed by atoms with van der Waals surface area (Å²) in [7, 11) is 1.47. The maximum atomic E-state index is 11.6. The van der Waals surface area contributed by atoms with E-state index in [0.29, 0.717) is 0 Å². The van der Waals surface area contributed by atoms with Crippen LogP contribution in [0.1, 0.15) is 52.9 Å². The van der Waals surface area contributed by atoms with Crippen molar-refractivity contribution >= 4 is 5.97 Å². The van der Waals surface area contributed by atoms with Gasteiger partial charge in [-0.1, -0.05) is 23.3 Å². The maximum Gasteiger partial charge on any atom is 0.311 e. The highest BCUT2D eigenvalue weighted by Crippen LogP contribution is 2.37. The predicted octanol–water partition coefficient (Wildman–Crippen LogP) is 4.02. The summed E-state index contributed by atoms with van der Waals surface area (Å²) in [6.07, 6.45) is 9.52. The van der Waals surface area contributed by atoms with Crippen molar-refractivity contribution < 1.29 is 9.53 Å². The van der Waals surface area contributed by atoms with Crippen LogP contribution in [0.15, 0.2) is 23.3 Å². The molecule has 0 aromatic carbocycles. The van der Waals surface area contributed by atoms with Crippen molar-refractivity contribution in [1.29, 1.82) is 0 Å². The van der Waals surface area contributed by atoms with Crippen LogP contribution < -0.4 is 0 Å². The molecule has 0 saturated carbocycles. The second kappa shape index (κ2) is 6.04. The lowest BCUT2D eigenvalue weighted by Gasteiger charge is -2.29. The Labute approximate surface area is 105 Å². The Bertz CT molecular complexity index is 335. The molecule has 17 heavy (non-hydrogen) atoms. The smallest absolute Gasteiger partial charge is 0.311 e. The second-order valence-corrected chi connectivity index (χ2v) is 5.44. The Kier molecular flexibility index (Phi) is 4.98. The molecule has 0 N–H and O–H groups in total. The largest absolute Gasteiger partial charge is 0.469 e. The molecule has 96 valence electrons. The Hall–Kier alpha value is -1.05. The van der Waals surface area contributed by atoms with Crippen molar-refractivity contribution in [2.45, 2.75) is 52.9 Å². The molecule has 0 heterocycles. The fourth-order valence-corrected chi connectivity index (χ4v) is 2.22. The first-order chi connectivity index (χ1) is 7.98. The summed E-state index contributed by atoms with van der Waals surface area (Å²) in [6, 6.07) is 0. The summed E-state index contributed by atoms with van der Waals surface area (Å²) < 4.78 is 4.86. The zero-order valence-corrected chi connectivity index (χ0v) is 11.5. The van der Waals surface area contributed by atoms with Gasteiger partial charge < -0.3 is 4.74 Å².